The van der Waals surface area contributed by atoms with Crippen LogP contribution in [0, 0.1) is 0 Å². The van der Waals surface area contributed by atoms with Gasteiger partial charge in [0.1, 0.15) is 6.10 Å². The van der Waals surface area contributed by atoms with Crippen LogP contribution in [0.15, 0.2) is 60.8 Å². The number of hydrogen-bond acceptors (Lipinski definition) is 2. The molecule has 0 saturated heterocycles. The summed E-state index contributed by atoms with van der Waals surface area (Å²) in [6, 6.07) is 16.0. The van der Waals surface area contributed by atoms with Crippen molar-refractivity contribution >= 4 is 16.7 Å². The van der Waals surface area contributed by atoms with E-state index in [0.29, 0.717) is 16.6 Å². The first kappa shape index (κ1) is 9.53. The van der Waals surface area contributed by atoms with Gasteiger partial charge in [-0.1, -0.05) is 48.5 Å². The Balaban J connectivity index is 2.09. The molecule has 1 atom stereocenters. The largest absolute Gasteiger partial charge is 0.380 e. The number of aliphatic hydroxyl groups excluding tert-OH is 1. The average Bonchev–Trinajstić information content (AvgIpc) is 2.86. The Kier molecular flexibility index (Phi) is 2.36. The lowest BCUT2D eigenvalue weighted by Gasteiger charge is -2.08. The number of carbonyl (C=O) groups is 1. The SMILES string of the molecule is [2H]OC(C(=O)c1ccccc1)c1cn([2H])c2ccccc12. The molecule has 0 saturated carbocycles. The first-order valence-corrected chi connectivity index (χ1v) is 6.03. The number of fused-ring (bicyclic) bond motifs is 1. The molecule has 0 radical (unpaired) electrons. The van der Waals surface area contributed by atoms with Gasteiger partial charge in [-0.3, -0.25) is 4.79 Å². The Morgan fingerprint density at radius 3 is 2.68 bits per heavy atom. The van der Waals surface area contributed by atoms with Crippen LogP contribution in [-0.2, 0) is 0 Å². The molecule has 2 N–H and O–H groups in total. The minimum absolute atomic E-state index is 0.290. The van der Waals surface area contributed by atoms with Gasteiger partial charge in [0.05, 0.1) is 0 Å². The van der Waals surface area contributed by atoms with Gasteiger partial charge in [0.15, 0.2) is 7.20 Å². The summed E-state index contributed by atoms with van der Waals surface area (Å²) in [5, 5.41) is 5.42. The van der Waals surface area contributed by atoms with Gasteiger partial charge in [-0.2, -0.15) is 0 Å². The van der Waals surface area contributed by atoms with E-state index in [0.717, 1.165) is 5.39 Å². The second kappa shape index (κ2) is 4.71. The summed E-state index contributed by atoms with van der Waals surface area (Å²) >= 11 is 0. The van der Waals surface area contributed by atoms with E-state index in [1.54, 1.807) is 30.3 Å². The third-order valence-electron chi connectivity index (χ3n) is 3.14. The van der Waals surface area contributed by atoms with Crippen molar-refractivity contribution < 1.29 is 11.3 Å². The third kappa shape index (κ3) is 2.04. The van der Waals surface area contributed by atoms with Gasteiger partial charge < -0.3 is 10.1 Å². The quantitative estimate of drug-likeness (QED) is 0.702. The predicted molar refractivity (Wildman–Crippen MR) is 74.0 cm³/mol. The minimum atomic E-state index is -1.04. The molecule has 2 aromatic carbocycles. The number of hydrogen-bond donors (Lipinski definition) is 2. The first-order valence-electron chi connectivity index (χ1n) is 6.88. The Morgan fingerprint density at radius 1 is 1.16 bits per heavy atom. The van der Waals surface area contributed by atoms with Crippen molar-refractivity contribution in [3.8, 4) is 0 Å². The van der Waals surface area contributed by atoms with Crippen LogP contribution in [0.3, 0.4) is 0 Å². The molecule has 3 nitrogen and oxygen atoms in total. The van der Waals surface area contributed by atoms with Gasteiger partial charge in [-0.15, -0.1) is 0 Å². The molecule has 0 aliphatic heterocycles. The van der Waals surface area contributed by atoms with Crippen molar-refractivity contribution in [3.05, 3.63) is 71.9 Å². The van der Waals surface area contributed by atoms with Gasteiger partial charge in [-0.25, -0.2) is 0 Å². The molecule has 3 heteroatoms. The van der Waals surface area contributed by atoms with Crippen molar-refractivity contribution in [2.24, 2.45) is 0 Å². The number of aromatic amines is 1. The van der Waals surface area contributed by atoms with E-state index < -0.39 is 6.10 Å². The van der Waals surface area contributed by atoms with E-state index >= 15 is 0 Å². The molecule has 94 valence electrons. The Morgan fingerprint density at radius 2 is 1.89 bits per heavy atom. The Hall–Kier alpha value is -2.39. The highest BCUT2D eigenvalue weighted by molar-refractivity contribution is 6.02. The maximum atomic E-state index is 12.5. The molecule has 0 fully saturated rings. The Labute approximate surface area is 113 Å². The average molecular weight is 253 g/mol. The molecule has 1 heterocycles. The zero-order chi connectivity index (χ0) is 14.8. The zero-order valence-electron chi connectivity index (χ0n) is 12.1. The molecule has 0 amide bonds. The summed E-state index contributed by atoms with van der Waals surface area (Å²) in [4.78, 5) is 13.7. The number of ketones is 1. The summed E-state index contributed by atoms with van der Waals surface area (Å²) in [6.07, 6.45) is 0.481. The van der Waals surface area contributed by atoms with Gasteiger partial charge >= 0.3 is 0 Å². The second-order valence-electron chi connectivity index (χ2n) is 4.34. The third-order valence-corrected chi connectivity index (χ3v) is 3.14. The van der Waals surface area contributed by atoms with Crippen LogP contribution in [0.5, 0.6) is 0 Å². The molecule has 1 unspecified atom stereocenters. The van der Waals surface area contributed by atoms with E-state index in [4.69, 9.17) is 2.84 Å². The standard InChI is InChI=1S/C16H13NO2/c18-15(11-6-2-1-3-7-11)16(19)13-10-17-14-9-5-4-8-12(13)14/h1-10,16-17,19H/i19D/hD. The van der Waals surface area contributed by atoms with Crippen LogP contribution in [0.1, 0.15) is 22.0 Å². The van der Waals surface area contributed by atoms with Crippen molar-refractivity contribution in [2.45, 2.75) is 6.10 Å². The maximum Gasteiger partial charge on any atom is 0.212 e. The van der Waals surface area contributed by atoms with Gasteiger partial charge in [0.2, 0.25) is 1.43 Å². The molecule has 3 rings (SSSR count). The van der Waals surface area contributed by atoms with E-state index in [9.17, 15) is 4.79 Å². The number of aliphatic hydroxyl groups is 1. The molecular formula is C16H13NO2. The number of para-hydroxylation sites is 1. The van der Waals surface area contributed by atoms with Crippen LogP contribution >= 0.6 is 0 Å². The summed E-state index contributed by atoms with van der Waals surface area (Å²) in [5.74, 6) is -0.290. The Bertz CT molecular complexity index is 783. The monoisotopic (exact) mass is 253 g/mol. The van der Waals surface area contributed by atoms with E-state index in [1.807, 2.05) is 24.3 Å². The highest BCUT2D eigenvalue weighted by atomic mass is 16.3. The van der Waals surface area contributed by atoms with Crippen molar-refractivity contribution in [1.29, 1.82) is 1.43 Å². The fourth-order valence-electron chi connectivity index (χ4n) is 2.14. The number of aromatic nitrogens is 1. The predicted octanol–water partition coefficient (Wildman–Crippen LogP) is 3.08. The minimum Gasteiger partial charge on any atom is -0.380 e. The summed E-state index contributed by atoms with van der Waals surface area (Å²) in [7, 11) is 0. The molecular weight excluding hydrogens is 238 g/mol. The van der Waals surface area contributed by atoms with Crippen molar-refractivity contribution in [1.82, 2.24) is 4.98 Å². The molecule has 1 aromatic heterocycles. The highest BCUT2D eigenvalue weighted by Gasteiger charge is 2.21. The van der Waals surface area contributed by atoms with E-state index in [-0.39, 0.29) is 5.78 Å². The smallest absolute Gasteiger partial charge is 0.212 e. The molecule has 0 aliphatic rings. The van der Waals surface area contributed by atoms with Crippen LogP contribution in [-0.4, -0.2) is 17.3 Å². The summed E-state index contributed by atoms with van der Waals surface area (Å²) < 4.78 is 15.2. The fourth-order valence-corrected chi connectivity index (χ4v) is 2.14. The number of rotatable bonds is 4. The maximum absolute atomic E-state index is 12.5. The number of H-pyrrole nitrogens is 1. The van der Waals surface area contributed by atoms with Gasteiger partial charge in [0.25, 0.3) is 0 Å². The molecule has 3 aromatic rings. The van der Waals surface area contributed by atoms with Crippen LogP contribution in [0.4, 0.5) is 0 Å². The van der Waals surface area contributed by atoms with Gasteiger partial charge in [-0.05, 0) is 6.07 Å². The zero-order valence-corrected chi connectivity index (χ0v) is 10.1. The fraction of sp³-hybridized carbons (Fsp3) is 0.0625. The normalized spacial score (nSPS) is 13.9. The molecule has 19 heavy (non-hydrogen) atoms. The van der Waals surface area contributed by atoms with Crippen molar-refractivity contribution in [2.75, 3.05) is 0 Å². The molecule has 0 bridgehead atoms. The van der Waals surface area contributed by atoms with Crippen LogP contribution in [0.25, 0.3) is 10.9 Å². The number of Topliss-reactive ketones (excluding diaryl/α,β-unsaturated/α-hetero) is 1. The molecule has 0 aliphatic carbocycles. The lowest BCUT2D eigenvalue weighted by atomic mass is 10.00. The number of carbonyl (C=O) groups excluding carboxylic acids is 1. The lowest BCUT2D eigenvalue weighted by molar-refractivity contribution is 0.0750. The van der Waals surface area contributed by atoms with Crippen LogP contribution < -0.4 is 0 Å². The second-order valence-corrected chi connectivity index (χ2v) is 4.34. The van der Waals surface area contributed by atoms with Crippen molar-refractivity contribution in [3.63, 3.8) is 0 Å². The topological polar surface area (TPSA) is 53.1 Å². The first-order chi connectivity index (χ1) is 10.2. The van der Waals surface area contributed by atoms with Crippen LogP contribution in [0.2, 0.25) is 1.41 Å². The van der Waals surface area contributed by atoms with E-state index in [1.165, 1.54) is 11.2 Å². The van der Waals surface area contributed by atoms with E-state index in [2.05, 4.69) is 5.11 Å². The number of nitrogens with one attached hydrogen (secondary N) is 1. The molecule has 0 spiro atoms. The summed E-state index contributed by atoms with van der Waals surface area (Å²) in [5.41, 5.74) is 1.69. The highest BCUT2D eigenvalue weighted by Crippen LogP contribution is 2.26. The lowest BCUT2D eigenvalue weighted by Crippen LogP contribution is -2.11. The number of benzene rings is 2. The summed E-state index contributed by atoms with van der Waals surface area (Å²) in [6.45, 7) is 0. The van der Waals surface area contributed by atoms with Gasteiger partial charge in [0, 0.05) is 28.2 Å².